The van der Waals surface area contributed by atoms with E-state index < -0.39 is 0 Å². The summed E-state index contributed by atoms with van der Waals surface area (Å²) in [6.45, 7) is 2.26. The first-order valence-corrected chi connectivity index (χ1v) is 7.60. The van der Waals surface area contributed by atoms with Gasteiger partial charge in [0.25, 0.3) is 0 Å². The van der Waals surface area contributed by atoms with E-state index in [9.17, 15) is 0 Å². The fourth-order valence-corrected chi connectivity index (χ4v) is 3.45. The van der Waals surface area contributed by atoms with Gasteiger partial charge >= 0.3 is 0 Å². The lowest BCUT2D eigenvalue weighted by atomic mass is 9.68. The van der Waals surface area contributed by atoms with E-state index in [0.29, 0.717) is 5.92 Å². The highest BCUT2D eigenvalue weighted by molar-refractivity contribution is 5.24. The van der Waals surface area contributed by atoms with Crippen molar-refractivity contribution >= 4 is 0 Å². The Kier molecular flexibility index (Phi) is 4.82. The molecule has 18 heavy (non-hydrogen) atoms. The van der Waals surface area contributed by atoms with Crippen molar-refractivity contribution in [3.63, 3.8) is 0 Å². The van der Waals surface area contributed by atoms with Gasteiger partial charge in [0.15, 0.2) is 0 Å². The summed E-state index contributed by atoms with van der Waals surface area (Å²) < 4.78 is 0. The molecule has 2 unspecified atom stereocenters. The second-order valence-corrected chi connectivity index (χ2v) is 5.90. The van der Waals surface area contributed by atoms with Crippen LogP contribution in [-0.4, -0.2) is 5.54 Å². The number of rotatable bonds is 5. The van der Waals surface area contributed by atoms with E-state index in [0.717, 1.165) is 0 Å². The van der Waals surface area contributed by atoms with Gasteiger partial charge in [0.05, 0.1) is 0 Å². The van der Waals surface area contributed by atoms with Gasteiger partial charge < -0.3 is 5.73 Å². The molecule has 1 fully saturated rings. The van der Waals surface area contributed by atoms with Crippen LogP contribution in [0.1, 0.15) is 69.8 Å². The highest BCUT2D eigenvalue weighted by Gasteiger charge is 2.37. The average Bonchev–Trinajstić information content (AvgIpc) is 2.40. The predicted octanol–water partition coefficient (Wildman–Crippen LogP) is 4.62. The van der Waals surface area contributed by atoms with Crippen LogP contribution < -0.4 is 5.73 Å². The summed E-state index contributed by atoms with van der Waals surface area (Å²) in [6, 6.07) is 10.9. The van der Waals surface area contributed by atoms with Gasteiger partial charge in [0.1, 0.15) is 0 Å². The van der Waals surface area contributed by atoms with E-state index in [-0.39, 0.29) is 5.54 Å². The number of hydrogen-bond acceptors (Lipinski definition) is 1. The van der Waals surface area contributed by atoms with E-state index in [1.165, 1.54) is 56.9 Å². The molecule has 0 amide bonds. The second-order valence-electron chi connectivity index (χ2n) is 5.90. The highest BCUT2D eigenvalue weighted by Crippen LogP contribution is 2.42. The van der Waals surface area contributed by atoms with Crippen molar-refractivity contribution < 1.29 is 0 Å². The third kappa shape index (κ3) is 3.14. The summed E-state index contributed by atoms with van der Waals surface area (Å²) in [5, 5.41) is 0. The molecular weight excluding hydrogens is 218 g/mol. The zero-order chi connectivity index (χ0) is 12.8. The highest BCUT2D eigenvalue weighted by atomic mass is 14.8. The van der Waals surface area contributed by atoms with E-state index in [1.54, 1.807) is 0 Å². The van der Waals surface area contributed by atoms with Gasteiger partial charge in [-0.3, -0.25) is 0 Å². The van der Waals surface area contributed by atoms with Crippen LogP contribution in [0.25, 0.3) is 0 Å². The van der Waals surface area contributed by atoms with Crippen molar-refractivity contribution in [2.45, 2.75) is 69.7 Å². The molecule has 0 bridgehead atoms. The van der Waals surface area contributed by atoms with Crippen molar-refractivity contribution in [1.82, 2.24) is 0 Å². The first-order chi connectivity index (χ1) is 8.76. The molecular formula is C17H27N. The summed E-state index contributed by atoms with van der Waals surface area (Å²) in [7, 11) is 0. The van der Waals surface area contributed by atoms with Gasteiger partial charge in [-0.25, -0.2) is 0 Å². The van der Waals surface area contributed by atoms with Gasteiger partial charge in [-0.05, 0) is 24.8 Å². The van der Waals surface area contributed by atoms with Gasteiger partial charge in [-0.15, -0.1) is 0 Å². The average molecular weight is 245 g/mol. The Morgan fingerprint density at radius 1 is 1.17 bits per heavy atom. The molecule has 2 N–H and O–H groups in total. The Bertz CT molecular complexity index is 346. The molecule has 0 aliphatic heterocycles. The molecule has 1 aromatic carbocycles. The number of nitrogens with two attached hydrogens (primary N) is 1. The predicted molar refractivity (Wildman–Crippen MR) is 78.7 cm³/mol. The third-order valence-electron chi connectivity index (χ3n) is 4.53. The topological polar surface area (TPSA) is 26.0 Å². The largest absolute Gasteiger partial charge is 0.325 e. The molecule has 0 aromatic heterocycles. The molecule has 1 aliphatic carbocycles. The maximum atomic E-state index is 6.78. The van der Waals surface area contributed by atoms with Crippen molar-refractivity contribution in [3.8, 4) is 0 Å². The van der Waals surface area contributed by atoms with Crippen molar-refractivity contribution in [2.75, 3.05) is 0 Å². The Morgan fingerprint density at radius 3 is 2.67 bits per heavy atom. The fraction of sp³-hybridized carbons (Fsp3) is 0.647. The molecule has 0 saturated heterocycles. The minimum atomic E-state index is 0.0504. The first kappa shape index (κ1) is 13.6. The number of hydrogen-bond donors (Lipinski definition) is 1. The van der Waals surface area contributed by atoms with E-state index in [4.69, 9.17) is 5.73 Å². The van der Waals surface area contributed by atoms with Gasteiger partial charge in [-0.1, -0.05) is 69.4 Å². The first-order valence-electron chi connectivity index (χ1n) is 7.60. The Hall–Kier alpha value is -0.820. The molecule has 0 spiro atoms. The summed E-state index contributed by atoms with van der Waals surface area (Å²) in [4.78, 5) is 0. The molecule has 2 rings (SSSR count). The van der Waals surface area contributed by atoms with E-state index in [1.807, 2.05) is 0 Å². The van der Waals surface area contributed by atoms with Gasteiger partial charge in [0, 0.05) is 11.5 Å². The molecule has 0 radical (unpaired) electrons. The molecule has 1 nitrogen and oxygen atoms in total. The molecule has 1 aliphatic rings. The van der Waals surface area contributed by atoms with Crippen LogP contribution in [0.3, 0.4) is 0 Å². The standard InChI is InChI=1S/C17H27N/c1-2-3-8-13-17(18)14-9-7-12-16(17)15-10-5-4-6-11-15/h4-6,10-11,16H,2-3,7-9,12-14,18H2,1H3. The van der Waals surface area contributed by atoms with Crippen molar-refractivity contribution in [3.05, 3.63) is 35.9 Å². The molecule has 1 aromatic rings. The SMILES string of the molecule is CCCCCC1(N)CCCCC1c1ccccc1. The molecule has 1 saturated carbocycles. The second kappa shape index (κ2) is 6.38. The Balaban J connectivity index is 2.10. The van der Waals surface area contributed by atoms with Crippen LogP contribution in [0.2, 0.25) is 0 Å². The van der Waals surface area contributed by atoms with E-state index >= 15 is 0 Å². The van der Waals surface area contributed by atoms with Crippen molar-refractivity contribution in [1.29, 1.82) is 0 Å². The fourth-order valence-electron chi connectivity index (χ4n) is 3.45. The van der Waals surface area contributed by atoms with Crippen LogP contribution in [0.15, 0.2) is 30.3 Å². The quantitative estimate of drug-likeness (QED) is 0.752. The van der Waals surface area contributed by atoms with Crippen LogP contribution in [0.5, 0.6) is 0 Å². The zero-order valence-corrected chi connectivity index (χ0v) is 11.7. The monoisotopic (exact) mass is 245 g/mol. The number of benzene rings is 1. The van der Waals surface area contributed by atoms with Crippen molar-refractivity contribution in [2.24, 2.45) is 5.73 Å². The van der Waals surface area contributed by atoms with Crippen LogP contribution in [-0.2, 0) is 0 Å². The lowest BCUT2D eigenvalue weighted by Crippen LogP contribution is -2.47. The van der Waals surface area contributed by atoms with E-state index in [2.05, 4.69) is 37.3 Å². The zero-order valence-electron chi connectivity index (χ0n) is 11.7. The summed E-state index contributed by atoms with van der Waals surface area (Å²) in [5.41, 5.74) is 8.28. The Morgan fingerprint density at radius 2 is 1.94 bits per heavy atom. The molecule has 100 valence electrons. The minimum absolute atomic E-state index is 0.0504. The molecule has 1 heteroatoms. The van der Waals surface area contributed by atoms with Gasteiger partial charge in [0.2, 0.25) is 0 Å². The maximum absolute atomic E-state index is 6.78. The van der Waals surface area contributed by atoms with Crippen LogP contribution >= 0.6 is 0 Å². The smallest absolute Gasteiger partial charge is 0.0223 e. The normalized spacial score (nSPS) is 28.2. The third-order valence-corrected chi connectivity index (χ3v) is 4.53. The molecule has 0 heterocycles. The minimum Gasteiger partial charge on any atom is -0.325 e. The van der Waals surface area contributed by atoms with Crippen LogP contribution in [0.4, 0.5) is 0 Å². The maximum Gasteiger partial charge on any atom is 0.0223 e. The Labute approximate surface area is 112 Å². The summed E-state index contributed by atoms with van der Waals surface area (Å²) in [5.74, 6) is 0.573. The summed E-state index contributed by atoms with van der Waals surface area (Å²) in [6.07, 6.45) is 10.2. The lowest BCUT2D eigenvalue weighted by Gasteiger charge is -2.42. The lowest BCUT2D eigenvalue weighted by molar-refractivity contribution is 0.229. The van der Waals surface area contributed by atoms with Gasteiger partial charge in [-0.2, -0.15) is 0 Å². The van der Waals surface area contributed by atoms with Crippen LogP contribution in [0, 0.1) is 0 Å². The molecule has 2 atom stereocenters. The number of unbranched alkanes of at least 4 members (excludes halogenated alkanes) is 2. The summed E-state index contributed by atoms with van der Waals surface area (Å²) >= 11 is 0.